The number of rotatable bonds is 2. The van der Waals surface area contributed by atoms with Gasteiger partial charge in [-0.15, -0.1) is 0 Å². The van der Waals surface area contributed by atoms with Crippen LogP contribution in [0, 0.1) is 9.49 Å². The average Bonchev–Trinajstić information content (AvgIpc) is 2.46. The Morgan fingerprint density at radius 2 is 2.05 bits per heavy atom. The second kappa shape index (κ2) is 6.63. The zero-order valence-electron chi connectivity index (χ0n) is 12.9. The van der Waals surface area contributed by atoms with E-state index >= 15 is 0 Å². The largest absolute Gasteiger partial charge is 0.365 e. The molecule has 1 aromatic carbocycles. The standard InChI is InChI=1S/C17H24ClIN2/c1-12(2)17-11-20-8-4-3-5-14(20)10-21(17)16-7-6-13(18)9-15(16)19/h6-7,9,12,14,17H,3-5,8,10-11H2,1-2H3. The summed E-state index contributed by atoms with van der Waals surface area (Å²) < 4.78 is 1.27. The number of benzene rings is 1. The molecule has 4 heteroatoms. The van der Waals surface area contributed by atoms with Crippen LogP contribution in [0.1, 0.15) is 33.1 Å². The van der Waals surface area contributed by atoms with Gasteiger partial charge < -0.3 is 4.90 Å². The van der Waals surface area contributed by atoms with Crippen molar-refractivity contribution in [3.05, 3.63) is 26.8 Å². The molecular weight excluding hydrogens is 395 g/mol. The van der Waals surface area contributed by atoms with Crippen molar-refractivity contribution in [2.45, 2.75) is 45.2 Å². The van der Waals surface area contributed by atoms with E-state index in [0.29, 0.717) is 12.0 Å². The van der Waals surface area contributed by atoms with Crippen molar-refractivity contribution in [3.63, 3.8) is 0 Å². The predicted molar refractivity (Wildman–Crippen MR) is 99.4 cm³/mol. The highest BCUT2D eigenvalue weighted by Gasteiger charge is 2.36. The lowest BCUT2D eigenvalue weighted by atomic mass is 9.91. The van der Waals surface area contributed by atoms with Crippen molar-refractivity contribution in [1.29, 1.82) is 0 Å². The first kappa shape index (κ1) is 15.9. The fraction of sp³-hybridized carbons (Fsp3) is 0.647. The number of anilines is 1. The number of hydrogen-bond acceptors (Lipinski definition) is 2. The molecule has 116 valence electrons. The molecule has 0 saturated carbocycles. The third-order valence-electron chi connectivity index (χ3n) is 4.97. The van der Waals surface area contributed by atoms with Gasteiger partial charge >= 0.3 is 0 Å². The first-order valence-corrected chi connectivity index (χ1v) is 9.47. The number of halogens is 2. The molecule has 21 heavy (non-hydrogen) atoms. The summed E-state index contributed by atoms with van der Waals surface area (Å²) in [6.07, 6.45) is 4.12. The molecule has 1 aromatic rings. The Morgan fingerprint density at radius 3 is 2.76 bits per heavy atom. The molecule has 2 nitrogen and oxygen atoms in total. The summed E-state index contributed by atoms with van der Waals surface area (Å²) in [6, 6.07) is 7.67. The van der Waals surface area contributed by atoms with E-state index in [-0.39, 0.29) is 0 Å². The van der Waals surface area contributed by atoms with Crippen LogP contribution < -0.4 is 4.90 Å². The maximum Gasteiger partial charge on any atom is 0.0506 e. The van der Waals surface area contributed by atoms with Gasteiger partial charge in [-0.05, 0) is 66.1 Å². The molecule has 0 bridgehead atoms. The number of nitrogens with zero attached hydrogens (tertiary/aromatic N) is 2. The molecule has 2 aliphatic rings. The van der Waals surface area contributed by atoms with Gasteiger partial charge in [0.15, 0.2) is 0 Å². The Kier molecular flexibility index (Phi) is 5.01. The zero-order chi connectivity index (χ0) is 15.0. The smallest absolute Gasteiger partial charge is 0.0506 e. The van der Waals surface area contributed by atoms with Gasteiger partial charge in [0.25, 0.3) is 0 Å². The summed E-state index contributed by atoms with van der Waals surface area (Å²) in [5, 5.41) is 0.834. The van der Waals surface area contributed by atoms with Gasteiger partial charge in [0.05, 0.1) is 5.69 Å². The first-order chi connectivity index (χ1) is 10.1. The molecule has 0 spiro atoms. The van der Waals surface area contributed by atoms with Crippen LogP contribution in [-0.4, -0.2) is 36.6 Å². The number of piperazine rings is 1. The molecule has 0 aliphatic carbocycles. The van der Waals surface area contributed by atoms with E-state index in [1.807, 2.05) is 6.07 Å². The minimum Gasteiger partial charge on any atom is -0.365 e. The normalized spacial score (nSPS) is 27.0. The molecule has 2 fully saturated rings. The second-order valence-electron chi connectivity index (χ2n) is 6.70. The summed E-state index contributed by atoms with van der Waals surface area (Å²) in [5.74, 6) is 0.666. The van der Waals surface area contributed by atoms with Crippen LogP contribution in [-0.2, 0) is 0 Å². The maximum absolute atomic E-state index is 6.13. The first-order valence-electron chi connectivity index (χ1n) is 8.02. The molecule has 2 saturated heterocycles. The third kappa shape index (κ3) is 3.35. The van der Waals surface area contributed by atoms with E-state index in [1.165, 1.54) is 48.2 Å². The highest BCUT2D eigenvalue weighted by Crippen LogP contribution is 2.34. The fourth-order valence-corrected chi connectivity index (χ4v) is 4.95. The van der Waals surface area contributed by atoms with Crippen LogP contribution in [0.25, 0.3) is 0 Å². The summed E-state index contributed by atoms with van der Waals surface area (Å²) in [5.41, 5.74) is 1.36. The molecule has 0 N–H and O–H groups in total. The molecule has 3 rings (SSSR count). The molecule has 2 atom stereocenters. The third-order valence-corrected chi connectivity index (χ3v) is 6.07. The Hall–Kier alpha value is -0.000000000000000111. The summed E-state index contributed by atoms with van der Waals surface area (Å²) in [6.45, 7) is 8.37. The maximum atomic E-state index is 6.13. The Labute approximate surface area is 147 Å². The van der Waals surface area contributed by atoms with Crippen LogP contribution in [0.4, 0.5) is 5.69 Å². The minimum atomic E-state index is 0.606. The quantitative estimate of drug-likeness (QED) is 0.645. The lowest BCUT2D eigenvalue weighted by molar-refractivity contribution is 0.100. The summed E-state index contributed by atoms with van der Waals surface area (Å²) in [4.78, 5) is 5.38. The molecule has 0 aromatic heterocycles. The van der Waals surface area contributed by atoms with Crippen molar-refractivity contribution >= 4 is 39.9 Å². The van der Waals surface area contributed by atoms with Crippen LogP contribution in [0.2, 0.25) is 5.02 Å². The topological polar surface area (TPSA) is 6.48 Å². The zero-order valence-corrected chi connectivity index (χ0v) is 15.8. The number of hydrogen-bond donors (Lipinski definition) is 0. The van der Waals surface area contributed by atoms with Gasteiger partial charge in [0, 0.05) is 33.8 Å². The van der Waals surface area contributed by atoms with Crippen LogP contribution in [0.15, 0.2) is 18.2 Å². The second-order valence-corrected chi connectivity index (χ2v) is 8.30. The van der Waals surface area contributed by atoms with Gasteiger partial charge in [-0.25, -0.2) is 0 Å². The predicted octanol–water partition coefficient (Wildman–Crippen LogP) is 4.64. The summed E-state index contributed by atoms with van der Waals surface area (Å²) in [7, 11) is 0. The minimum absolute atomic E-state index is 0.606. The fourth-order valence-electron chi connectivity index (χ4n) is 3.77. The van der Waals surface area contributed by atoms with Crippen LogP contribution in [0.3, 0.4) is 0 Å². The van der Waals surface area contributed by atoms with Gasteiger partial charge in [-0.1, -0.05) is 31.9 Å². The Morgan fingerprint density at radius 1 is 1.24 bits per heavy atom. The van der Waals surface area contributed by atoms with E-state index in [2.05, 4.69) is 58.4 Å². The molecule has 0 amide bonds. The highest BCUT2D eigenvalue weighted by atomic mass is 127. The van der Waals surface area contributed by atoms with Crippen molar-refractivity contribution in [1.82, 2.24) is 4.90 Å². The van der Waals surface area contributed by atoms with Crippen molar-refractivity contribution in [2.24, 2.45) is 5.92 Å². The van der Waals surface area contributed by atoms with Gasteiger partial charge in [-0.3, -0.25) is 4.90 Å². The van der Waals surface area contributed by atoms with E-state index in [1.54, 1.807) is 0 Å². The van der Waals surface area contributed by atoms with Gasteiger partial charge in [-0.2, -0.15) is 0 Å². The molecule has 2 unspecified atom stereocenters. The number of fused-ring (bicyclic) bond motifs is 1. The molecule has 2 aliphatic heterocycles. The monoisotopic (exact) mass is 418 g/mol. The van der Waals surface area contributed by atoms with Crippen molar-refractivity contribution in [2.75, 3.05) is 24.5 Å². The van der Waals surface area contributed by atoms with E-state index in [0.717, 1.165) is 11.1 Å². The van der Waals surface area contributed by atoms with E-state index in [9.17, 15) is 0 Å². The van der Waals surface area contributed by atoms with E-state index in [4.69, 9.17) is 11.6 Å². The van der Waals surface area contributed by atoms with Gasteiger partial charge in [0.2, 0.25) is 0 Å². The van der Waals surface area contributed by atoms with Gasteiger partial charge in [0.1, 0.15) is 0 Å². The Bertz CT molecular complexity index is 506. The van der Waals surface area contributed by atoms with Crippen molar-refractivity contribution in [3.8, 4) is 0 Å². The van der Waals surface area contributed by atoms with Crippen LogP contribution >= 0.6 is 34.2 Å². The lowest BCUT2D eigenvalue weighted by Crippen LogP contribution is -2.61. The number of piperidine rings is 1. The highest BCUT2D eigenvalue weighted by molar-refractivity contribution is 14.1. The SMILES string of the molecule is CC(C)C1CN2CCCCC2CN1c1ccc(Cl)cc1I. The molecule has 2 heterocycles. The molecular formula is C17H24ClIN2. The Balaban J connectivity index is 1.90. The van der Waals surface area contributed by atoms with E-state index < -0.39 is 0 Å². The molecule has 0 radical (unpaired) electrons. The average molecular weight is 419 g/mol. The van der Waals surface area contributed by atoms with Crippen molar-refractivity contribution < 1.29 is 0 Å². The lowest BCUT2D eigenvalue weighted by Gasteiger charge is -2.51. The summed E-state index contributed by atoms with van der Waals surface area (Å²) >= 11 is 8.56. The van der Waals surface area contributed by atoms with Crippen LogP contribution in [0.5, 0.6) is 0 Å².